The maximum Gasteiger partial charge on any atom is 0.416 e. The molecule has 0 unspecified atom stereocenters. The first kappa shape index (κ1) is 27.7. The average Bonchev–Trinajstić information content (AvgIpc) is 3.42. The summed E-state index contributed by atoms with van der Waals surface area (Å²) < 4.78 is 47.2. The van der Waals surface area contributed by atoms with E-state index in [2.05, 4.69) is 10.00 Å². The number of nitrogens with zero attached hydrogens (tertiary/aromatic N) is 4. The Balaban J connectivity index is 1.31. The number of piperidine rings is 1. The molecule has 2 amide bonds. The quantitative estimate of drug-likeness (QED) is 0.325. The third kappa shape index (κ3) is 6.01. The van der Waals surface area contributed by atoms with Crippen molar-refractivity contribution in [2.75, 3.05) is 33.4 Å². The van der Waals surface area contributed by atoms with Gasteiger partial charge in [-0.05, 0) is 66.1 Å². The van der Waals surface area contributed by atoms with Crippen LogP contribution in [-0.4, -0.2) is 70.1 Å². The van der Waals surface area contributed by atoms with E-state index in [1.54, 1.807) is 37.6 Å². The van der Waals surface area contributed by atoms with Crippen LogP contribution in [0.25, 0.3) is 17.0 Å². The molecule has 2 aliphatic rings. The van der Waals surface area contributed by atoms with Gasteiger partial charge < -0.3 is 9.64 Å². The van der Waals surface area contributed by atoms with Crippen molar-refractivity contribution in [2.45, 2.75) is 31.6 Å². The largest absolute Gasteiger partial charge is 0.416 e. The van der Waals surface area contributed by atoms with Gasteiger partial charge >= 0.3 is 6.18 Å². The lowest BCUT2D eigenvalue weighted by Crippen LogP contribution is -2.47. The summed E-state index contributed by atoms with van der Waals surface area (Å²) in [5.74, 6) is -0.293. The minimum absolute atomic E-state index is 0.0120. The number of hydrogen-bond donors (Lipinski definition) is 0. The number of ether oxygens (including phenoxy) is 1. The number of aromatic nitrogens is 2. The van der Waals surface area contributed by atoms with Crippen LogP contribution in [0.5, 0.6) is 0 Å². The van der Waals surface area contributed by atoms with E-state index in [1.807, 2.05) is 0 Å². The fourth-order valence-corrected chi connectivity index (χ4v) is 6.07. The number of thioether (sulfide) groups is 1. The molecular formula is C27H26ClF3N4O3S. The monoisotopic (exact) mass is 578 g/mol. The molecule has 1 aromatic heterocycles. The lowest BCUT2D eigenvalue weighted by Gasteiger charge is -2.35. The Morgan fingerprint density at radius 3 is 2.64 bits per heavy atom. The number of carbonyl (C=O) groups excluding carboxylic acids is 2. The molecule has 0 atom stereocenters. The van der Waals surface area contributed by atoms with E-state index in [0.29, 0.717) is 28.0 Å². The van der Waals surface area contributed by atoms with Crippen LogP contribution in [0.3, 0.4) is 0 Å². The molecule has 0 aliphatic carbocycles. The highest BCUT2D eigenvalue weighted by molar-refractivity contribution is 8.18. The normalized spacial score (nSPS) is 18.7. The highest BCUT2D eigenvalue weighted by Crippen LogP contribution is 2.37. The topological polar surface area (TPSA) is 67.7 Å². The van der Waals surface area contributed by atoms with Gasteiger partial charge in [-0.15, -0.1) is 0 Å². The zero-order chi connectivity index (χ0) is 27.7. The second-order valence-corrected chi connectivity index (χ2v) is 11.0. The minimum atomic E-state index is -4.54. The number of likely N-dealkylation sites (tertiary alicyclic amines) is 1. The highest BCUT2D eigenvalue weighted by atomic mass is 35.5. The van der Waals surface area contributed by atoms with Crippen LogP contribution in [0.15, 0.2) is 47.5 Å². The van der Waals surface area contributed by atoms with Crippen LogP contribution in [0.4, 0.5) is 18.0 Å². The van der Waals surface area contributed by atoms with E-state index >= 15 is 0 Å². The molecule has 39 heavy (non-hydrogen) atoms. The minimum Gasteiger partial charge on any atom is -0.383 e. The van der Waals surface area contributed by atoms with Gasteiger partial charge in [0.1, 0.15) is 0 Å². The Kier molecular flexibility index (Phi) is 8.04. The summed E-state index contributed by atoms with van der Waals surface area (Å²) in [4.78, 5) is 29.9. The summed E-state index contributed by atoms with van der Waals surface area (Å²) in [7, 11) is 1.66. The predicted molar refractivity (Wildman–Crippen MR) is 144 cm³/mol. The first-order chi connectivity index (χ1) is 18.6. The van der Waals surface area contributed by atoms with E-state index in [1.165, 1.54) is 21.7 Å². The van der Waals surface area contributed by atoms with Gasteiger partial charge in [0, 0.05) is 43.2 Å². The molecule has 12 heteroatoms. The van der Waals surface area contributed by atoms with Crippen molar-refractivity contribution in [1.82, 2.24) is 19.6 Å². The van der Waals surface area contributed by atoms with Crippen LogP contribution in [0.1, 0.15) is 29.5 Å². The Morgan fingerprint density at radius 2 is 1.92 bits per heavy atom. The maximum atomic E-state index is 13.5. The molecule has 0 spiro atoms. The Bertz CT molecular complexity index is 1430. The van der Waals surface area contributed by atoms with Crippen LogP contribution >= 0.6 is 23.4 Å². The van der Waals surface area contributed by atoms with Crippen LogP contribution in [0, 0.1) is 0 Å². The number of halogens is 4. The Morgan fingerprint density at radius 1 is 1.15 bits per heavy atom. The third-order valence-electron chi connectivity index (χ3n) is 7.02. The molecule has 0 N–H and O–H groups in total. The number of amides is 2. The molecule has 7 nitrogen and oxygen atoms in total. The molecule has 206 valence electrons. The molecule has 3 heterocycles. The lowest BCUT2D eigenvalue weighted by molar-refractivity contribution is -0.138. The van der Waals surface area contributed by atoms with E-state index in [-0.39, 0.29) is 34.3 Å². The van der Waals surface area contributed by atoms with E-state index in [4.69, 9.17) is 16.3 Å². The molecule has 2 saturated heterocycles. The Hall–Kier alpha value is -2.86. The molecule has 0 radical (unpaired) electrons. The number of carbonyl (C=O) groups is 2. The van der Waals surface area contributed by atoms with Crippen molar-refractivity contribution < 1.29 is 27.5 Å². The summed E-state index contributed by atoms with van der Waals surface area (Å²) in [6.45, 7) is 2.99. The van der Waals surface area contributed by atoms with Gasteiger partial charge in [0.25, 0.3) is 11.1 Å². The number of benzene rings is 2. The second kappa shape index (κ2) is 11.3. The van der Waals surface area contributed by atoms with Crippen molar-refractivity contribution in [1.29, 1.82) is 0 Å². The number of rotatable bonds is 7. The van der Waals surface area contributed by atoms with Gasteiger partial charge in [-0.1, -0.05) is 23.7 Å². The third-order valence-corrected chi connectivity index (χ3v) is 8.14. The molecule has 2 aromatic carbocycles. The molecular weight excluding hydrogens is 553 g/mol. The zero-order valence-corrected chi connectivity index (χ0v) is 22.7. The number of hydrogen-bond acceptors (Lipinski definition) is 6. The van der Waals surface area contributed by atoms with Crippen molar-refractivity contribution in [2.24, 2.45) is 0 Å². The summed E-state index contributed by atoms with van der Waals surface area (Å²) in [5.41, 5.74) is 0.596. The smallest absolute Gasteiger partial charge is 0.383 e. The summed E-state index contributed by atoms with van der Waals surface area (Å²) in [5, 5.41) is 4.73. The van der Waals surface area contributed by atoms with Crippen molar-refractivity contribution in [3.05, 3.63) is 69.2 Å². The Labute approximate surface area is 232 Å². The van der Waals surface area contributed by atoms with Gasteiger partial charge in [0.15, 0.2) is 0 Å². The van der Waals surface area contributed by atoms with E-state index < -0.39 is 11.7 Å². The van der Waals surface area contributed by atoms with Crippen molar-refractivity contribution >= 4 is 51.5 Å². The van der Waals surface area contributed by atoms with Crippen molar-refractivity contribution in [3.8, 4) is 0 Å². The molecule has 5 rings (SSSR count). The number of imide groups is 1. The number of methoxy groups -OCH3 is 1. The maximum absolute atomic E-state index is 13.5. The molecule has 2 aliphatic heterocycles. The van der Waals surface area contributed by atoms with Gasteiger partial charge in [0.05, 0.1) is 35.3 Å². The molecule has 2 fully saturated rings. The van der Waals surface area contributed by atoms with Crippen LogP contribution < -0.4 is 0 Å². The number of fused-ring (bicyclic) bond motifs is 1. The SMILES string of the molecule is COCCN1CCC(N2C(=O)S/C(=C\c3ccc4c(cnn4Cc4ccc(Cl)cc4C(F)(F)F)c3)C2=O)CC1. The van der Waals surface area contributed by atoms with E-state index in [0.717, 1.165) is 50.3 Å². The van der Waals surface area contributed by atoms with Gasteiger partial charge in [0.2, 0.25) is 0 Å². The summed E-state index contributed by atoms with van der Waals surface area (Å²) >= 11 is 6.73. The predicted octanol–water partition coefficient (Wildman–Crippen LogP) is 5.90. The van der Waals surface area contributed by atoms with Gasteiger partial charge in [-0.3, -0.25) is 19.2 Å². The molecule has 3 aromatic rings. The molecule has 0 bridgehead atoms. The van der Waals surface area contributed by atoms with Crippen LogP contribution in [0.2, 0.25) is 5.02 Å². The first-order valence-corrected chi connectivity index (χ1v) is 13.6. The van der Waals surface area contributed by atoms with E-state index in [9.17, 15) is 22.8 Å². The lowest BCUT2D eigenvalue weighted by atomic mass is 10.0. The van der Waals surface area contributed by atoms with Gasteiger partial charge in [-0.25, -0.2) is 0 Å². The first-order valence-electron chi connectivity index (χ1n) is 12.4. The standard InChI is InChI=1S/C27H26ClF3N4O3S/c1-38-11-10-33-8-6-21(7-9-33)35-25(36)24(39-26(35)37)13-17-2-5-23-19(12-17)15-32-34(23)16-18-3-4-20(28)14-22(18)27(29,30)31/h2-5,12-15,21H,6-11,16H2,1H3/b24-13-. The second-order valence-electron chi connectivity index (χ2n) is 9.54. The van der Waals surface area contributed by atoms with Gasteiger partial charge in [-0.2, -0.15) is 18.3 Å². The average molecular weight is 579 g/mol. The number of alkyl halides is 3. The summed E-state index contributed by atoms with van der Waals surface area (Å²) in [6.07, 6.45) is 0.156. The summed E-state index contributed by atoms with van der Waals surface area (Å²) in [6, 6.07) is 8.87. The fourth-order valence-electron chi connectivity index (χ4n) is 5.00. The fraction of sp³-hybridized carbons (Fsp3) is 0.370. The molecule has 0 saturated carbocycles. The zero-order valence-electron chi connectivity index (χ0n) is 21.1. The van der Waals surface area contributed by atoms with Crippen LogP contribution in [-0.2, 0) is 22.3 Å². The highest BCUT2D eigenvalue weighted by Gasteiger charge is 2.40. The van der Waals surface area contributed by atoms with Crippen molar-refractivity contribution in [3.63, 3.8) is 0 Å².